The second-order valence-electron chi connectivity index (χ2n) is 6.52. The molecule has 3 heterocycles. The van der Waals surface area contributed by atoms with E-state index in [9.17, 15) is 9.59 Å². The van der Waals surface area contributed by atoms with Crippen molar-refractivity contribution in [1.82, 2.24) is 29.9 Å². The van der Waals surface area contributed by atoms with E-state index >= 15 is 0 Å². The summed E-state index contributed by atoms with van der Waals surface area (Å²) in [6.45, 7) is 1.64. The van der Waals surface area contributed by atoms with Gasteiger partial charge in [-0.05, 0) is 12.8 Å². The van der Waals surface area contributed by atoms with Gasteiger partial charge in [-0.1, -0.05) is 5.16 Å². The number of methoxy groups -OCH3 is 1. The molecule has 2 aromatic heterocycles. The van der Waals surface area contributed by atoms with Crippen LogP contribution in [0.4, 0.5) is 4.79 Å². The average Bonchev–Trinajstić information content (AvgIpc) is 3.32. The molecule has 1 fully saturated rings. The van der Waals surface area contributed by atoms with E-state index in [1.165, 1.54) is 0 Å². The number of carbonyl (C=O) groups is 2. The van der Waals surface area contributed by atoms with Crippen molar-refractivity contribution in [1.29, 1.82) is 0 Å². The molecular weight excluding hydrogens is 352 g/mol. The summed E-state index contributed by atoms with van der Waals surface area (Å²) in [4.78, 5) is 35.0. The van der Waals surface area contributed by atoms with Crippen molar-refractivity contribution in [3.63, 3.8) is 0 Å². The maximum absolute atomic E-state index is 12.6. The van der Waals surface area contributed by atoms with Crippen LogP contribution in [0.5, 0.6) is 0 Å². The van der Waals surface area contributed by atoms with Crippen molar-refractivity contribution < 1.29 is 18.8 Å². The predicted octanol–water partition coefficient (Wildman–Crippen LogP) is 0.796. The SMILES string of the molecule is COCCc1noc(CNC(=O)N2CCC[C@H](C(=O)c3nccn3C)C2)n1. The summed E-state index contributed by atoms with van der Waals surface area (Å²) in [5.74, 6) is 1.04. The van der Waals surface area contributed by atoms with Crippen molar-refractivity contribution in [3.8, 4) is 0 Å². The lowest BCUT2D eigenvalue weighted by Crippen LogP contribution is -2.47. The van der Waals surface area contributed by atoms with Crippen LogP contribution in [0.25, 0.3) is 0 Å². The molecule has 0 radical (unpaired) electrons. The highest BCUT2D eigenvalue weighted by atomic mass is 16.5. The first-order chi connectivity index (χ1) is 13.1. The number of imidazole rings is 1. The molecule has 0 bridgehead atoms. The number of aryl methyl sites for hydroxylation is 1. The van der Waals surface area contributed by atoms with Crippen molar-refractivity contribution in [2.75, 3.05) is 26.8 Å². The highest BCUT2D eigenvalue weighted by Crippen LogP contribution is 2.20. The first-order valence-corrected chi connectivity index (χ1v) is 8.93. The maximum atomic E-state index is 12.6. The number of ketones is 1. The summed E-state index contributed by atoms with van der Waals surface area (Å²) in [7, 11) is 3.39. The van der Waals surface area contributed by atoms with Crippen molar-refractivity contribution in [2.45, 2.75) is 25.8 Å². The molecule has 0 aromatic carbocycles. The number of urea groups is 1. The summed E-state index contributed by atoms with van der Waals surface area (Å²) >= 11 is 0. The summed E-state index contributed by atoms with van der Waals surface area (Å²) in [6, 6.07) is -0.246. The molecule has 10 nitrogen and oxygen atoms in total. The Hall–Kier alpha value is -2.75. The molecule has 0 spiro atoms. The monoisotopic (exact) mass is 376 g/mol. The van der Waals surface area contributed by atoms with Gasteiger partial charge in [0.05, 0.1) is 13.2 Å². The highest BCUT2D eigenvalue weighted by molar-refractivity contribution is 5.95. The van der Waals surface area contributed by atoms with Gasteiger partial charge in [0.25, 0.3) is 0 Å². The zero-order valence-electron chi connectivity index (χ0n) is 15.6. The molecule has 3 rings (SSSR count). The number of ether oxygens (including phenoxy) is 1. The Bertz CT molecular complexity index is 786. The molecule has 1 atom stereocenters. The van der Waals surface area contributed by atoms with E-state index < -0.39 is 0 Å². The highest BCUT2D eigenvalue weighted by Gasteiger charge is 2.30. The average molecular weight is 376 g/mol. The molecule has 0 unspecified atom stereocenters. The standard InChI is InChI=1S/C17H24N6O4/c1-22-8-6-18-16(22)15(24)12-4-3-7-23(11-12)17(25)19-10-14-20-13(21-27-14)5-9-26-2/h6,8,12H,3-5,7,9-11H2,1-2H3,(H,19,25)/t12-/m0/s1. The number of hydrogen-bond acceptors (Lipinski definition) is 7. The van der Waals surface area contributed by atoms with Crippen molar-refractivity contribution in [2.24, 2.45) is 13.0 Å². The minimum Gasteiger partial charge on any atom is -0.384 e. The fourth-order valence-electron chi connectivity index (χ4n) is 3.08. The van der Waals surface area contributed by atoms with Crippen LogP contribution in [0.15, 0.2) is 16.9 Å². The summed E-state index contributed by atoms with van der Waals surface area (Å²) < 4.78 is 11.8. The topological polar surface area (TPSA) is 115 Å². The Balaban J connectivity index is 1.51. The third-order valence-corrected chi connectivity index (χ3v) is 4.55. The number of rotatable bonds is 7. The number of carbonyl (C=O) groups excluding carboxylic acids is 2. The lowest BCUT2D eigenvalue weighted by molar-refractivity contribution is 0.0831. The predicted molar refractivity (Wildman–Crippen MR) is 93.9 cm³/mol. The number of likely N-dealkylation sites (tertiary alicyclic amines) is 1. The van der Waals surface area contributed by atoms with Gasteiger partial charge in [0.2, 0.25) is 11.7 Å². The van der Waals surface area contributed by atoms with Gasteiger partial charge in [-0.3, -0.25) is 4.79 Å². The van der Waals surface area contributed by atoms with Gasteiger partial charge < -0.3 is 24.0 Å². The quantitative estimate of drug-likeness (QED) is 0.711. The molecule has 27 heavy (non-hydrogen) atoms. The number of nitrogens with one attached hydrogen (secondary N) is 1. The van der Waals surface area contributed by atoms with Crippen molar-refractivity contribution >= 4 is 11.8 Å². The van der Waals surface area contributed by atoms with Gasteiger partial charge in [0, 0.05) is 52.0 Å². The fraction of sp³-hybridized carbons (Fsp3) is 0.588. The summed E-state index contributed by atoms with van der Waals surface area (Å²) in [6.07, 6.45) is 5.42. The van der Waals surface area contributed by atoms with Crippen LogP contribution in [-0.2, 0) is 24.8 Å². The zero-order valence-corrected chi connectivity index (χ0v) is 15.6. The third kappa shape index (κ3) is 4.70. The summed E-state index contributed by atoms with van der Waals surface area (Å²) in [5.41, 5.74) is 0. The normalized spacial score (nSPS) is 17.1. The van der Waals surface area contributed by atoms with Gasteiger partial charge in [0.15, 0.2) is 11.6 Å². The second-order valence-corrected chi connectivity index (χ2v) is 6.52. The number of aromatic nitrogens is 4. The first-order valence-electron chi connectivity index (χ1n) is 8.93. The molecule has 10 heteroatoms. The number of hydrogen-bond donors (Lipinski definition) is 1. The van der Waals surface area contributed by atoms with E-state index in [1.54, 1.807) is 36.0 Å². The number of amides is 2. The minimum absolute atomic E-state index is 0.0281. The van der Waals surface area contributed by atoms with Crippen LogP contribution in [0, 0.1) is 5.92 Å². The molecule has 1 saturated heterocycles. The molecule has 2 aromatic rings. The van der Waals surface area contributed by atoms with E-state index in [-0.39, 0.29) is 24.3 Å². The third-order valence-electron chi connectivity index (χ3n) is 4.55. The number of Topliss-reactive ketones (excluding diaryl/α,β-unsaturated/α-hetero) is 1. The molecule has 0 aliphatic carbocycles. The first kappa shape index (κ1) is 19.0. The number of piperidine rings is 1. The lowest BCUT2D eigenvalue weighted by Gasteiger charge is -2.31. The fourth-order valence-corrected chi connectivity index (χ4v) is 3.08. The molecule has 0 saturated carbocycles. The van der Waals surface area contributed by atoms with Crippen molar-refractivity contribution in [3.05, 3.63) is 29.9 Å². The van der Waals surface area contributed by atoms with Crippen LogP contribution in [0.1, 0.15) is 35.2 Å². The van der Waals surface area contributed by atoms with Gasteiger partial charge >= 0.3 is 6.03 Å². The van der Waals surface area contributed by atoms with Crippen LogP contribution >= 0.6 is 0 Å². The molecule has 146 valence electrons. The molecular formula is C17H24N6O4. The second kappa shape index (κ2) is 8.76. The molecule has 1 N–H and O–H groups in total. The van der Waals surface area contributed by atoms with Gasteiger partial charge in [0.1, 0.15) is 0 Å². The van der Waals surface area contributed by atoms with E-state index in [1.807, 2.05) is 0 Å². The van der Waals surface area contributed by atoms with Crippen LogP contribution in [-0.4, -0.2) is 63.2 Å². The van der Waals surface area contributed by atoms with Gasteiger partial charge in [-0.15, -0.1) is 0 Å². The summed E-state index contributed by atoms with van der Waals surface area (Å²) in [5, 5.41) is 6.60. The van der Waals surface area contributed by atoms with Gasteiger partial charge in [-0.2, -0.15) is 4.98 Å². The smallest absolute Gasteiger partial charge is 0.317 e. The maximum Gasteiger partial charge on any atom is 0.317 e. The Kier molecular flexibility index (Phi) is 6.17. The van der Waals surface area contributed by atoms with E-state index in [0.717, 1.165) is 12.8 Å². The van der Waals surface area contributed by atoms with Crippen LogP contribution in [0.3, 0.4) is 0 Å². The Morgan fingerprint density at radius 3 is 3.04 bits per heavy atom. The lowest BCUT2D eigenvalue weighted by atomic mass is 9.93. The van der Waals surface area contributed by atoms with Crippen LogP contribution < -0.4 is 5.32 Å². The van der Waals surface area contributed by atoms with E-state index in [2.05, 4.69) is 20.4 Å². The zero-order chi connectivity index (χ0) is 19.2. The van der Waals surface area contributed by atoms with E-state index in [4.69, 9.17) is 9.26 Å². The Labute approximate surface area is 156 Å². The Morgan fingerprint density at radius 1 is 1.44 bits per heavy atom. The van der Waals surface area contributed by atoms with E-state index in [0.29, 0.717) is 43.7 Å². The largest absolute Gasteiger partial charge is 0.384 e. The minimum atomic E-state index is -0.246. The Morgan fingerprint density at radius 2 is 2.30 bits per heavy atom. The molecule has 1 aliphatic heterocycles. The molecule has 1 aliphatic rings. The number of nitrogens with zero attached hydrogens (tertiary/aromatic N) is 5. The van der Waals surface area contributed by atoms with Crippen LogP contribution in [0.2, 0.25) is 0 Å². The molecule has 2 amide bonds. The van der Waals surface area contributed by atoms with Gasteiger partial charge in [-0.25, -0.2) is 9.78 Å².